The van der Waals surface area contributed by atoms with Crippen molar-refractivity contribution in [3.8, 4) is 6.07 Å². The van der Waals surface area contributed by atoms with Gasteiger partial charge in [0.2, 0.25) is 11.8 Å². The van der Waals surface area contributed by atoms with Gasteiger partial charge in [-0.3, -0.25) is 14.4 Å². The zero-order chi connectivity index (χ0) is 20.1. The SMILES string of the molecule is CCCC(=O)N(C1CCCCCC1)C1CC(=O)N(c2ccc(C#N)cc2)C1=O. The van der Waals surface area contributed by atoms with Gasteiger partial charge in [0, 0.05) is 12.5 Å². The molecule has 0 aromatic heterocycles. The van der Waals surface area contributed by atoms with Crippen LogP contribution in [0.4, 0.5) is 5.69 Å². The lowest BCUT2D eigenvalue weighted by Crippen LogP contribution is -2.50. The fourth-order valence-electron chi connectivity index (χ4n) is 4.30. The molecule has 1 heterocycles. The molecule has 2 fully saturated rings. The second-order valence-electron chi connectivity index (χ2n) is 7.64. The van der Waals surface area contributed by atoms with Gasteiger partial charge < -0.3 is 4.90 Å². The zero-order valence-corrected chi connectivity index (χ0v) is 16.4. The lowest BCUT2D eigenvalue weighted by atomic mass is 10.0. The van der Waals surface area contributed by atoms with Crippen LogP contribution in [0.1, 0.15) is 70.3 Å². The van der Waals surface area contributed by atoms with Crippen LogP contribution in [-0.2, 0) is 14.4 Å². The molecule has 1 aliphatic heterocycles. The minimum atomic E-state index is -0.717. The second kappa shape index (κ2) is 9.01. The van der Waals surface area contributed by atoms with Crippen molar-refractivity contribution in [3.05, 3.63) is 29.8 Å². The van der Waals surface area contributed by atoms with Crippen molar-refractivity contribution in [1.29, 1.82) is 5.26 Å². The summed E-state index contributed by atoms with van der Waals surface area (Å²) in [7, 11) is 0. The molecule has 2 aliphatic rings. The zero-order valence-electron chi connectivity index (χ0n) is 16.4. The average molecular weight is 381 g/mol. The third kappa shape index (κ3) is 4.09. The monoisotopic (exact) mass is 381 g/mol. The highest BCUT2D eigenvalue weighted by Crippen LogP contribution is 2.31. The minimum Gasteiger partial charge on any atom is -0.327 e. The van der Waals surface area contributed by atoms with Gasteiger partial charge in [-0.05, 0) is 43.5 Å². The first-order chi connectivity index (χ1) is 13.6. The van der Waals surface area contributed by atoms with Crippen LogP contribution in [0.25, 0.3) is 0 Å². The van der Waals surface area contributed by atoms with Gasteiger partial charge in [-0.2, -0.15) is 5.26 Å². The Kier molecular flexibility index (Phi) is 6.45. The first-order valence-corrected chi connectivity index (χ1v) is 10.2. The van der Waals surface area contributed by atoms with Gasteiger partial charge in [0.05, 0.1) is 23.7 Å². The Morgan fingerprint density at radius 1 is 1.14 bits per heavy atom. The molecule has 3 rings (SSSR count). The van der Waals surface area contributed by atoms with Crippen LogP contribution in [0.15, 0.2) is 24.3 Å². The summed E-state index contributed by atoms with van der Waals surface area (Å²) in [6, 6.07) is 7.75. The van der Waals surface area contributed by atoms with Crippen LogP contribution in [-0.4, -0.2) is 34.7 Å². The van der Waals surface area contributed by atoms with Gasteiger partial charge in [-0.1, -0.05) is 32.6 Å². The Balaban J connectivity index is 1.87. The predicted molar refractivity (Wildman–Crippen MR) is 105 cm³/mol. The Bertz CT molecular complexity index is 773. The molecule has 1 unspecified atom stereocenters. The van der Waals surface area contributed by atoms with Crippen LogP contribution in [0.2, 0.25) is 0 Å². The number of hydrogen-bond acceptors (Lipinski definition) is 4. The van der Waals surface area contributed by atoms with E-state index in [0.717, 1.165) is 44.9 Å². The van der Waals surface area contributed by atoms with Crippen LogP contribution < -0.4 is 4.90 Å². The van der Waals surface area contributed by atoms with Gasteiger partial charge in [0.1, 0.15) is 6.04 Å². The standard InChI is InChI=1S/C22H27N3O3/c1-2-7-20(26)24(17-8-5-3-4-6-9-17)19-14-21(27)25(22(19)28)18-12-10-16(15-23)11-13-18/h10-13,17,19H,2-9,14H2,1H3. The number of carbonyl (C=O) groups is 3. The number of hydrogen-bond donors (Lipinski definition) is 0. The molecule has 1 saturated carbocycles. The van der Waals surface area contributed by atoms with E-state index in [1.54, 1.807) is 29.2 Å². The molecule has 6 heteroatoms. The highest BCUT2D eigenvalue weighted by Gasteiger charge is 2.46. The molecule has 1 aromatic rings. The third-order valence-corrected chi connectivity index (χ3v) is 5.68. The number of imide groups is 1. The smallest absolute Gasteiger partial charge is 0.257 e. The highest BCUT2D eigenvalue weighted by molar-refractivity contribution is 6.23. The normalized spacial score (nSPS) is 20.7. The Hall–Kier alpha value is -2.68. The van der Waals surface area contributed by atoms with Gasteiger partial charge in [0.25, 0.3) is 5.91 Å². The molecule has 3 amide bonds. The average Bonchev–Trinajstić information content (AvgIpc) is 2.87. The number of nitriles is 1. The van der Waals surface area contributed by atoms with E-state index >= 15 is 0 Å². The second-order valence-corrected chi connectivity index (χ2v) is 7.64. The number of carbonyl (C=O) groups excluding carboxylic acids is 3. The van der Waals surface area contributed by atoms with E-state index in [9.17, 15) is 14.4 Å². The highest BCUT2D eigenvalue weighted by atomic mass is 16.2. The Morgan fingerprint density at radius 2 is 1.79 bits per heavy atom. The Morgan fingerprint density at radius 3 is 2.36 bits per heavy atom. The molecule has 28 heavy (non-hydrogen) atoms. The molecule has 0 radical (unpaired) electrons. The first kappa shape index (κ1) is 20.1. The summed E-state index contributed by atoms with van der Waals surface area (Å²) >= 11 is 0. The van der Waals surface area contributed by atoms with E-state index in [-0.39, 0.29) is 30.2 Å². The van der Waals surface area contributed by atoms with Gasteiger partial charge in [-0.25, -0.2) is 4.90 Å². The van der Waals surface area contributed by atoms with Crippen molar-refractivity contribution in [2.24, 2.45) is 0 Å². The first-order valence-electron chi connectivity index (χ1n) is 10.2. The maximum absolute atomic E-state index is 13.2. The predicted octanol–water partition coefficient (Wildman–Crippen LogP) is 3.54. The fourth-order valence-corrected chi connectivity index (χ4v) is 4.30. The van der Waals surface area contributed by atoms with E-state index in [1.807, 2.05) is 13.0 Å². The molecule has 1 atom stereocenters. The Labute approximate surface area is 166 Å². The molecular formula is C22H27N3O3. The summed E-state index contributed by atoms with van der Waals surface area (Å²) in [5, 5.41) is 8.95. The molecule has 148 valence electrons. The molecule has 6 nitrogen and oxygen atoms in total. The molecule has 1 saturated heterocycles. The van der Waals surface area contributed by atoms with Gasteiger partial charge in [-0.15, -0.1) is 0 Å². The van der Waals surface area contributed by atoms with E-state index in [2.05, 4.69) is 0 Å². The van der Waals surface area contributed by atoms with Crippen LogP contribution in [0.5, 0.6) is 0 Å². The minimum absolute atomic E-state index is 0.0257. The van der Waals surface area contributed by atoms with Crippen molar-refractivity contribution in [3.63, 3.8) is 0 Å². The summed E-state index contributed by atoms with van der Waals surface area (Å²) in [6.07, 6.45) is 7.34. The maximum Gasteiger partial charge on any atom is 0.257 e. The van der Waals surface area contributed by atoms with Crippen LogP contribution >= 0.6 is 0 Å². The van der Waals surface area contributed by atoms with Crippen LogP contribution in [0.3, 0.4) is 0 Å². The van der Waals surface area contributed by atoms with Gasteiger partial charge in [0.15, 0.2) is 0 Å². The summed E-state index contributed by atoms with van der Waals surface area (Å²) in [6.45, 7) is 1.95. The largest absolute Gasteiger partial charge is 0.327 e. The molecule has 0 bridgehead atoms. The summed E-state index contributed by atoms with van der Waals surface area (Å²) in [5.41, 5.74) is 0.929. The van der Waals surface area contributed by atoms with Crippen LogP contribution in [0, 0.1) is 11.3 Å². The van der Waals surface area contributed by atoms with Crippen molar-refractivity contribution < 1.29 is 14.4 Å². The summed E-state index contributed by atoms with van der Waals surface area (Å²) in [5.74, 6) is -0.645. The maximum atomic E-state index is 13.2. The summed E-state index contributed by atoms with van der Waals surface area (Å²) in [4.78, 5) is 41.7. The topological polar surface area (TPSA) is 81.5 Å². The van der Waals surface area contributed by atoms with E-state index in [1.165, 1.54) is 4.90 Å². The number of amides is 3. The van der Waals surface area contributed by atoms with E-state index < -0.39 is 6.04 Å². The molecule has 1 aliphatic carbocycles. The molecule has 1 aromatic carbocycles. The number of nitrogens with zero attached hydrogens (tertiary/aromatic N) is 3. The van der Waals surface area contributed by atoms with E-state index in [4.69, 9.17) is 5.26 Å². The summed E-state index contributed by atoms with van der Waals surface area (Å²) < 4.78 is 0. The van der Waals surface area contributed by atoms with E-state index in [0.29, 0.717) is 17.7 Å². The molecule has 0 spiro atoms. The van der Waals surface area contributed by atoms with Crippen molar-refractivity contribution in [1.82, 2.24) is 4.90 Å². The third-order valence-electron chi connectivity index (χ3n) is 5.68. The lowest BCUT2D eigenvalue weighted by Gasteiger charge is -2.35. The van der Waals surface area contributed by atoms with Crippen molar-refractivity contribution in [2.75, 3.05) is 4.90 Å². The number of rotatable bonds is 5. The van der Waals surface area contributed by atoms with Crippen molar-refractivity contribution >= 4 is 23.4 Å². The lowest BCUT2D eigenvalue weighted by molar-refractivity contribution is -0.141. The van der Waals surface area contributed by atoms with Crippen molar-refractivity contribution in [2.45, 2.75) is 76.8 Å². The number of benzene rings is 1. The number of anilines is 1. The molecule has 0 N–H and O–H groups in total. The molecular weight excluding hydrogens is 354 g/mol. The quantitative estimate of drug-likeness (QED) is 0.577. The van der Waals surface area contributed by atoms with Gasteiger partial charge >= 0.3 is 0 Å². The fraction of sp³-hybridized carbons (Fsp3) is 0.545.